The summed E-state index contributed by atoms with van der Waals surface area (Å²) in [5, 5.41) is 0. The fourth-order valence-corrected chi connectivity index (χ4v) is 4.85. The van der Waals surface area contributed by atoms with E-state index in [2.05, 4.69) is 29.2 Å². The standard InChI is InChI=1S/C21H29NO2/c23-21(22-14-15-24-20-9-5-4-8-19(20)22)18-12-10-17(11-13-18)16-6-2-1-3-7-16/h10-13,16,19-20H,1-9,14-15H2. The molecular weight excluding hydrogens is 298 g/mol. The quantitative estimate of drug-likeness (QED) is 0.799. The summed E-state index contributed by atoms with van der Waals surface area (Å²) in [5.41, 5.74) is 2.27. The lowest BCUT2D eigenvalue weighted by Gasteiger charge is -2.43. The second kappa shape index (κ2) is 7.26. The monoisotopic (exact) mass is 327 g/mol. The molecule has 2 atom stereocenters. The highest BCUT2D eigenvalue weighted by molar-refractivity contribution is 5.94. The van der Waals surface area contributed by atoms with Crippen LogP contribution in [0.4, 0.5) is 0 Å². The molecule has 1 aromatic carbocycles. The Balaban J connectivity index is 1.47. The highest BCUT2D eigenvalue weighted by Gasteiger charge is 2.36. The number of nitrogens with zero attached hydrogens (tertiary/aromatic N) is 1. The average molecular weight is 327 g/mol. The molecule has 0 aromatic heterocycles. The molecule has 1 heterocycles. The van der Waals surface area contributed by atoms with Crippen LogP contribution < -0.4 is 0 Å². The SMILES string of the molecule is O=C(c1ccc(C2CCCCC2)cc1)N1CCOC2CCCCC21. The van der Waals surface area contributed by atoms with Crippen molar-refractivity contribution in [1.29, 1.82) is 0 Å². The van der Waals surface area contributed by atoms with Gasteiger partial charge < -0.3 is 9.64 Å². The molecule has 3 fully saturated rings. The topological polar surface area (TPSA) is 29.5 Å². The third-order valence-corrected chi connectivity index (χ3v) is 6.23. The minimum Gasteiger partial charge on any atom is -0.374 e. The van der Waals surface area contributed by atoms with Crippen LogP contribution in [0.2, 0.25) is 0 Å². The number of amides is 1. The molecule has 2 saturated carbocycles. The van der Waals surface area contributed by atoms with E-state index >= 15 is 0 Å². The number of benzene rings is 1. The molecule has 0 radical (unpaired) electrons. The summed E-state index contributed by atoms with van der Waals surface area (Å²) in [5.74, 6) is 0.902. The molecule has 0 N–H and O–H groups in total. The van der Waals surface area contributed by atoms with Crippen molar-refractivity contribution in [1.82, 2.24) is 4.90 Å². The molecule has 2 aliphatic carbocycles. The molecule has 3 aliphatic rings. The molecule has 1 amide bonds. The number of ether oxygens (including phenoxy) is 1. The molecule has 130 valence electrons. The van der Waals surface area contributed by atoms with E-state index in [4.69, 9.17) is 4.74 Å². The third kappa shape index (κ3) is 3.23. The van der Waals surface area contributed by atoms with Crippen molar-refractivity contribution >= 4 is 5.91 Å². The van der Waals surface area contributed by atoms with Gasteiger partial charge in [0.1, 0.15) is 0 Å². The van der Waals surface area contributed by atoms with Crippen molar-refractivity contribution in [3.05, 3.63) is 35.4 Å². The van der Waals surface area contributed by atoms with Gasteiger partial charge in [0.25, 0.3) is 5.91 Å². The van der Waals surface area contributed by atoms with Crippen LogP contribution in [0.5, 0.6) is 0 Å². The molecule has 1 aliphatic heterocycles. The van der Waals surface area contributed by atoms with Gasteiger partial charge in [-0.3, -0.25) is 4.79 Å². The van der Waals surface area contributed by atoms with Gasteiger partial charge in [-0.2, -0.15) is 0 Å². The summed E-state index contributed by atoms with van der Waals surface area (Å²) in [6, 6.07) is 8.79. The Morgan fingerprint density at radius 1 is 0.917 bits per heavy atom. The molecule has 3 heteroatoms. The first-order valence-corrected chi connectivity index (χ1v) is 9.85. The Labute approximate surface area is 145 Å². The predicted molar refractivity (Wildman–Crippen MR) is 95.3 cm³/mol. The van der Waals surface area contributed by atoms with E-state index in [1.54, 1.807) is 0 Å². The minimum atomic E-state index is 0.199. The second-order valence-electron chi connectivity index (χ2n) is 7.72. The zero-order valence-electron chi connectivity index (χ0n) is 14.6. The smallest absolute Gasteiger partial charge is 0.254 e. The van der Waals surface area contributed by atoms with Gasteiger partial charge in [0.2, 0.25) is 0 Å². The van der Waals surface area contributed by atoms with Crippen molar-refractivity contribution in [2.24, 2.45) is 0 Å². The molecule has 0 bridgehead atoms. The number of carbonyl (C=O) groups is 1. The Kier molecular flexibility index (Phi) is 4.88. The first kappa shape index (κ1) is 16.1. The summed E-state index contributed by atoms with van der Waals surface area (Å²) in [7, 11) is 0. The van der Waals surface area contributed by atoms with Crippen molar-refractivity contribution in [3.63, 3.8) is 0 Å². The molecule has 2 unspecified atom stereocenters. The maximum Gasteiger partial charge on any atom is 0.254 e. The van der Waals surface area contributed by atoms with Crippen LogP contribution in [0.25, 0.3) is 0 Å². The van der Waals surface area contributed by atoms with E-state index in [-0.39, 0.29) is 18.1 Å². The van der Waals surface area contributed by atoms with Gasteiger partial charge in [0.15, 0.2) is 0 Å². The number of hydrogen-bond acceptors (Lipinski definition) is 2. The average Bonchev–Trinajstić information content (AvgIpc) is 2.68. The molecule has 1 aromatic rings. The first-order chi connectivity index (χ1) is 11.8. The number of carbonyl (C=O) groups excluding carboxylic acids is 1. The summed E-state index contributed by atoms with van der Waals surface area (Å²) < 4.78 is 5.90. The molecule has 0 spiro atoms. The van der Waals surface area contributed by atoms with Crippen molar-refractivity contribution < 1.29 is 9.53 Å². The number of hydrogen-bond donors (Lipinski definition) is 0. The molecular formula is C21H29NO2. The van der Waals surface area contributed by atoms with E-state index in [1.165, 1.54) is 50.5 Å². The van der Waals surface area contributed by atoms with Crippen molar-refractivity contribution in [2.75, 3.05) is 13.2 Å². The highest BCUT2D eigenvalue weighted by Crippen LogP contribution is 2.33. The van der Waals surface area contributed by atoms with Gasteiger partial charge >= 0.3 is 0 Å². The minimum absolute atomic E-state index is 0.199. The lowest BCUT2D eigenvalue weighted by atomic mass is 9.84. The van der Waals surface area contributed by atoms with Gasteiger partial charge in [-0.15, -0.1) is 0 Å². The van der Waals surface area contributed by atoms with E-state index in [0.29, 0.717) is 12.5 Å². The van der Waals surface area contributed by atoms with E-state index < -0.39 is 0 Å². The third-order valence-electron chi connectivity index (χ3n) is 6.23. The summed E-state index contributed by atoms with van der Waals surface area (Å²) in [6.45, 7) is 1.43. The van der Waals surface area contributed by atoms with Crippen molar-refractivity contribution in [2.45, 2.75) is 75.9 Å². The van der Waals surface area contributed by atoms with Gasteiger partial charge in [0, 0.05) is 12.1 Å². The summed E-state index contributed by atoms with van der Waals surface area (Å²) in [4.78, 5) is 15.1. The number of morpholine rings is 1. The Bertz CT molecular complexity index is 560. The summed E-state index contributed by atoms with van der Waals surface area (Å²) in [6.07, 6.45) is 11.6. The molecule has 24 heavy (non-hydrogen) atoms. The Hall–Kier alpha value is -1.35. The fraction of sp³-hybridized carbons (Fsp3) is 0.667. The largest absolute Gasteiger partial charge is 0.374 e. The zero-order valence-corrected chi connectivity index (χ0v) is 14.6. The predicted octanol–water partition coefficient (Wildman–Crippen LogP) is 4.52. The van der Waals surface area contributed by atoms with Gasteiger partial charge in [-0.1, -0.05) is 44.2 Å². The van der Waals surface area contributed by atoms with E-state index in [1.807, 2.05) is 0 Å². The van der Waals surface area contributed by atoms with Gasteiger partial charge in [0.05, 0.1) is 18.8 Å². The Morgan fingerprint density at radius 3 is 2.42 bits per heavy atom. The maximum atomic E-state index is 13.0. The van der Waals surface area contributed by atoms with Crippen LogP contribution in [0.1, 0.15) is 79.6 Å². The highest BCUT2D eigenvalue weighted by atomic mass is 16.5. The van der Waals surface area contributed by atoms with Crippen LogP contribution in [0.15, 0.2) is 24.3 Å². The Morgan fingerprint density at radius 2 is 1.62 bits per heavy atom. The lowest BCUT2D eigenvalue weighted by molar-refractivity contribution is -0.0752. The zero-order chi connectivity index (χ0) is 16.4. The summed E-state index contributed by atoms with van der Waals surface area (Å²) >= 11 is 0. The van der Waals surface area contributed by atoms with Gasteiger partial charge in [-0.05, 0) is 49.3 Å². The fourth-order valence-electron chi connectivity index (χ4n) is 4.85. The first-order valence-electron chi connectivity index (χ1n) is 9.85. The van der Waals surface area contributed by atoms with Crippen LogP contribution in [0, 0.1) is 0 Å². The normalized spacial score (nSPS) is 28.4. The lowest BCUT2D eigenvalue weighted by Crippen LogP contribution is -2.54. The van der Waals surface area contributed by atoms with E-state index in [9.17, 15) is 4.79 Å². The molecule has 3 nitrogen and oxygen atoms in total. The second-order valence-corrected chi connectivity index (χ2v) is 7.72. The van der Waals surface area contributed by atoms with Crippen LogP contribution >= 0.6 is 0 Å². The molecule has 1 saturated heterocycles. The van der Waals surface area contributed by atoms with Crippen molar-refractivity contribution in [3.8, 4) is 0 Å². The molecule has 4 rings (SSSR count). The maximum absolute atomic E-state index is 13.0. The van der Waals surface area contributed by atoms with Gasteiger partial charge in [-0.25, -0.2) is 0 Å². The van der Waals surface area contributed by atoms with Crippen LogP contribution in [0.3, 0.4) is 0 Å². The van der Waals surface area contributed by atoms with Crippen LogP contribution in [-0.4, -0.2) is 36.1 Å². The van der Waals surface area contributed by atoms with Crippen LogP contribution in [-0.2, 0) is 4.74 Å². The van der Waals surface area contributed by atoms with E-state index in [0.717, 1.165) is 24.9 Å². The number of fused-ring (bicyclic) bond motifs is 1. The number of rotatable bonds is 2.